The van der Waals surface area contributed by atoms with E-state index in [9.17, 15) is 9.59 Å². The summed E-state index contributed by atoms with van der Waals surface area (Å²) in [7, 11) is 1.73. The van der Waals surface area contributed by atoms with Crippen molar-refractivity contribution in [2.45, 2.75) is 19.9 Å². The number of fused-ring (bicyclic) bond motifs is 1. The molecular formula is C21H23N3O3S. The molecule has 0 fully saturated rings. The molecule has 1 aromatic heterocycles. The van der Waals surface area contributed by atoms with E-state index in [1.165, 1.54) is 4.57 Å². The largest absolute Gasteiger partial charge is 0.492 e. The summed E-state index contributed by atoms with van der Waals surface area (Å²) < 4.78 is 7.44. The molecule has 3 aromatic rings. The average Bonchev–Trinajstić information content (AvgIpc) is 2.67. The van der Waals surface area contributed by atoms with Gasteiger partial charge in [0.15, 0.2) is 4.77 Å². The van der Waals surface area contributed by atoms with Crippen molar-refractivity contribution < 1.29 is 9.53 Å². The first kappa shape index (κ1) is 19.8. The van der Waals surface area contributed by atoms with E-state index in [0.29, 0.717) is 28.8 Å². The summed E-state index contributed by atoms with van der Waals surface area (Å²) in [5, 5.41) is 0.559. The second-order valence-corrected chi connectivity index (χ2v) is 7.05. The van der Waals surface area contributed by atoms with Crippen molar-refractivity contribution in [2.75, 3.05) is 20.2 Å². The first-order valence-corrected chi connectivity index (χ1v) is 9.52. The SMILES string of the molecule is Cc1cccc(OCCN(C)C(=O)CCn2c(=S)[nH]c3ccccc3c2=O)c1. The summed E-state index contributed by atoms with van der Waals surface area (Å²) in [6, 6.07) is 15.0. The summed E-state index contributed by atoms with van der Waals surface area (Å²) >= 11 is 5.28. The molecule has 0 atom stereocenters. The summed E-state index contributed by atoms with van der Waals surface area (Å²) in [5.41, 5.74) is 1.64. The van der Waals surface area contributed by atoms with Crippen molar-refractivity contribution in [2.24, 2.45) is 0 Å². The minimum absolute atomic E-state index is 0.0673. The molecule has 0 saturated heterocycles. The number of carbonyl (C=O) groups is 1. The van der Waals surface area contributed by atoms with Gasteiger partial charge >= 0.3 is 0 Å². The lowest BCUT2D eigenvalue weighted by Gasteiger charge is -2.18. The van der Waals surface area contributed by atoms with Crippen molar-refractivity contribution in [3.05, 3.63) is 69.2 Å². The van der Waals surface area contributed by atoms with Crippen LogP contribution >= 0.6 is 12.2 Å². The van der Waals surface area contributed by atoms with Crippen LogP contribution in [-0.2, 0) is 11.3 Å². The molecule has 0 aliphatic rings. The van der Waals surface area contributed by atoms with Crippen molar-refractivity contribution in [3.8, 4) is 5.75 Å². The third kappa shape index (κ3) is 4.67. The molecule has 146 valence electrons. The molecule has 0 aliphatic heterocycles. The highest BCUT2D eigenvalue weighted by atomic mass is 32.1. The van der Waals surface area contributed by atoms with Gasteiger partial charge in [-0.25, -0.2) is 0 Å². The van der Waals surface area contributed by atoms with Crippen LogP contribution in [-0.4, -0.2) is 40.6 Å². The summed E-state index contributed by atoms with van der Waals surface area (Å²) in [6.07, 6.45) is 0.191. The van der Waals surface area contributed by atoms with Gasteiger partial charge in [0.1, 0.15) is 12.4 Å². The average molecular weight is 398 g/mol. The Kier molecular flexibility index (Phi) is 6.26. The molecule has 1 heterocycles. The minimum Gasteiger partial charge on any atom is -0.492 e. The quantitative estimate of drug-likeness (QED) is 0.621. The molecule has 3 rings (SSSR count). The van der Waals surface area contributed by atoms with Gasteiger partial charge in [-0.15, -0.1) is 0 Å². The smallest absolute Gasteiger partial charge is 0.262 e. The van der Waals surface area contributed by atoms with Crippen LogP contribution in [0.25, 0.3) is 10.9 Å². The van der Waals surface area contributed by atoms with E-state index < -0.39 is 0 Å². The van der Waals surface area contributed by atoms with Crippen LogP contribution in [0, 0.1) is 11.7 Å². The molecule has 0 bridgehead atoms. The number of nitrogens with one attached hydrogen (secondary N) is 1. The number of likely N-dealkylation sites (N-methyl/N-ethyl adjacent to an activating group) is 1. The maximum Gasteiger partial charge on any atom is 0.262 e. The van der Waals surface area contributed by atoms with E-state index in [0.717, 1.165) is 11.3 Å². The summed E-state index contributed by atoms with van der Waals surface area (Å²) in [5.74, 6) is 0.720. The number of benzene rings is 2. The Morgan fingerprint density at radius 3 is 2.79 bits per heavy atom. The topological polar surface area (TPSA) is 67.3 Å². The van der Waals surface area contributed by atoms with Gasteiger partial charge in [-0.1, -0.05) is 24.3 Å². The lowest BCUT2D eigenvalue weighted by molar-refractivity contribution is -0.130. The molecule has 1 N–H and O–H groups in total. The highest BCUT2D eigenvalue weighted by molar-refractivity contribution is 7.71. The van der Waals surface area contributed by atoms with Gasteiger partial charge in [0, 0.05) is 20.0 Å². The fourth-order valence-electron chi connectivity index (χ4n) is 2.93. The third-order valence-electron chi connectivity index (χ3n) is 4.55. The number of hydrogen-bond acceptors (Lipinski definition) is 4. The van der Waals surface area contributed by atoms with Crippen LogP contribution in [0.3, 0.4) is 0 Å². The Labute approximate surface area is 168 Å². The van der Waals surface area contributed by atoms with Crippen LogP contribution < -0.4 is 10.3 Å². The number of aryl methyl sites for hydroxylation is 1. The van der Waals surface area contributed by atoms with Crippen molar-refractivity contribution in [3.63, 3.8) is 0 Å². The Hall–Kier alpha value is -2.93. The molecule has 7 heteroatoms. The Morgan fingerprint density at radius 1 is 1.21 bits per heavy atom. The number of aromatic nitrogens is 2. The molecule has 6 nitrogen and oxygen atoms in total. The second-order valence-electron chi connectivity index (χ2n) is 6.66. The minimum atomic E-state index is -0.183. The predicted octanol–water partition coefficient (Wildman–Crippen LogP) is 3.30. The normalized spacial score (nSPS) is 10.8. The lowest BCUT2D eigenvalue weighted by Crippen LogP contribution is -2.32. The summed E-state index contributed by atoms with van der Waals surface area (Å²) in [4.78, 5) is 29.7. The van der Waals surface area contributed by atoms with E-state index >= 15 is 0 Å². The van der Waals surface area contributed by atoms with Gasteiger partial charge < -0.3 is 14.6 Å². The monoisotopic (exact) mass is 397 g/mol. The zero-order valence-corrected chi connectivity index (χ0v) is 16.8. The summed E-state index contributed by atoms with van der Waals surface area (Å²) in [6.45, 7) is 3.11. The highest BCUT2D eigenvalue weighted by Gasteiger charge is 2.11. The van der Waals surface area contributed by atoms with Crippen molar-refractivity contribution >= 4 is 29.0 Å². The maximum absolute atomic E-state index is 12.6. The zero-order chi connectivity index (χ0) is 20.1. The fraction of sp³-hybridized carbons (Fsp3) is 0.286. The number of ether oxygens (including phenoxy) is 1. The standard InChI is InChI=1S/C21H23N3O3S/c1-15-6-5-7-16(14-15)27-13-12-23(2)19(25)10-11-24-20(26)17-8-3-4-9-18(17)22-21(24)28/h3-9,14H,10-13H2,1-2H3,(H,22,28). The Balaban J connectivity index is 1.57. The molecule has 0 saturated carbocycles. The third-order valence-corrected chi connectivity index (χ3v) is 4.87. The Bertz CT molecular complexity index is 1100. The molecule has 0 radical (unpaired) electrons. The molecule has 0 spiro atoms. The first-order chi connectivity index (χ1) is 13.5. The number of carbonyl (C=O) groups excluding carboxylic acids is 1. The van der Waals surface area contributed by atoms with Crippen LogP contribution in [0.2, 0.25) is 0 Å². The van der Waals surface area contributed by atoms with Gasteiger partial charge in [0.2, 0.25) is 5.91 Å². The number of aromatic amines is 1. The fourth-order valence-corrected chi connectivity index (χ4v) is 3.21. The van der Waals surface area contributed by atoms with Crippen LogP contribution in [0.15, 0.2) is 53.3 Å². The highest BCUT2D eigenvalue weighted by Crippen LogP contribution is 2.12. The van der Waals surface area contributed by atoms with E-state index in [4.69, 9.17) is 17.0 Å². The molecule has 1 amide bonds. The molecule has 28 heavy (non-hydrogen) atoms. The zero-order valence-electron chi connectivity index (χ0n) is 16.0. The molecule has 0 unspecified atom stereocenters. The van der Waals surface area contributed by atoms with E-state index in [2.05, 4.69) is 4.98 Å². The number of nitrogens with zero attached hydrogens (tertiary/aromatic N) is 2. The molecule has 2 aromatic carbocycles. The van der Waals surface area contributed by atoms with Crippen LogP contribution in [0.5, 0.6) is 5.75 Å². The van der Waals surface area contributed by atoms with Gasteiger partial charge in [-0.05, 0) is 49.0 Å². The van der Waals surface area contributed by atoms with Crippen LogP contribution in [0.1, 0.15) is 12.0 Å². The lowest BCUT2D eigenvalue weighted by atomic mass is 10.2. The van der Waals surface area contributed by atoms with Crippen molar-refractivity contribution in [1.82, 2.24) is 14.5 Å². The second kappa shape index (κ2) is 8.84. The number of H-pyrrole nitrogens is 1. The first-order valence-electron chi connectivity index (χ1n) is 9.11. The number of amides is 1. The van der Waals surface area contributed by atoms with Gasteiger partial charge in [0.25, 0.3) is 5.56 Å². The predicted molar refractivity (Wildman–Crippen MR) is 112 cm³/mol. The molecule has 0 aliphatic carbocycles. The number of hydrogen-bond donors (Lipinski definition) is 1. The molecular weight excluding hydrogens is 374 g/mol. The van der Waals surface area contributed by atoms with Gasteiger partial charge in [0.05, 0.1) is 17.4 Å². The van der Waals surface area contributed by atoms with E-state index in [1.54, 1.807) is 24.1 Å². The van der Waals surface area contributed by atoms with E-state index in [-0.39, 0.29) is 24.4 Å². The van der Waals surface area contributed by atoms with Crippen LogP contribution in [0.4, 0.5) is 0 Å². The van der Waals surface area contributed by atoms with Gasteiger partial charge in [-0.2, -0.15) is 0 Å². The van der Waals surface area contributed by atoms with Crippen molar-refractivity contribution in [1.29, 1.82) is 0 Å². The number of para-hydroxylation sites is 1. The van der Waals surface area contributed by atoms with E-state index in [1.807, 2.05) is 43.3 Å². The number of rotatable bonds is 7. The Morgan fingerprint density at radius 2 is 2.00 bits per heavy atom. The van der Waals surface area contributed by atoms with Gasteiger partial charge in [-0.3, -0.25) is 14.2 Å². The maximum atomic E-state index is 12.6.